The Balaban J connectivity index is 1.57. The van der Waals surface area contributed by atoms with Gasteiger partial charge in [0.1, 0.15) is 0 Å². The molecule has 1 atom stereocenters. The Kier molecular flexibility index (Phi) is 5.61. The van der Waals surface area contributed by atoms with Gasteiger partial charge >= 0.3 is 0 Å². The maximum Gasteiger partial charge on any atom is 0.222 e. The first-order valence-corrected chi connectivity index (χ1v) is 9.64. The Labute approximate surface area is 147 Å². The highest BCUT2D eigenvalue weighted by Gasteiger charge is 2.26. The van der Waals surface area contributed by atoms with Gasteiger partial charge in [-0.05, 0) is 37.3 Å². The van der Waals surface area contributed by atoms with E-state index in [1.807, 2.05) is 23.1 Å². The van der Waals surface area contributed by atoms with Gasteiger partial charge < -0.3 is 4.90 Å². The Morgan fingerprint density at radius 1 is 1.42 bits per heavy atom. The fourth-order valence-corrected chi connectivity index (χ4v) is 4.21. The summed E-state index contributed by atoms with van der Waals surface area (Å²) >= 11 is 1.75. The Hall–Kier alpha value is -1.75. The van der Waals surface area contributed by atoms with Crippen molar-refractivity contribution in [2.24, 2.45) is 0 Å². The van der Waals surface area contributed by atoms with Crippen LogP contribution in [-0.2, 0) is 11.2 Å². The van der Waals surface area contributed by atoms with Crippen molar-refractivity contribution in [1.82, 2.24) is 14.9 Å². The lowest BCUT2D eigenvalue weighted by molar-refractivity contribution is -0.132. The number of rotatable bonds is 5. The van der Waals surface area contributed by atoms with Crippen molar-refractivity contribution in [2.75, 3.05) is 13.1 Å². The number of carbonyl (C=O) groups is 1. The predicted molar refractivity (Wildman–Crippen MR) is 97.3 cm³/mol. The van der Waals surface area contributed by atoms with E-state index in [0.29, 0.717) is 18.3 Å². The first-order chi connectivity index (χ1) is 11.6. The summed E-state index contributed by atoms with van der Waals surface area (Å²) in [5, 5.41) is 3.36. The average Bonchev–Trinajstić information content (AvgIpc) is 3.11. The number of aromatic nitrogens is 2. The second-order valence-electron chi connectivity index (χ2n) is 6.77. The van der Waals surface area contributed by atoms with Gasteiger partial charge in [0.2, 0.25) is 5.91 Å². The van der Waals surface area contributed by atoms with E-state index in [9.17, 15) is 4.79 Å². The number of hydrogen-bond donors (Lipinski definition) is 0. The molecule has 0 aromatic carbocycles. The fourth-order valence-electron chi connectivity index (χ4n) is 3.10. The number of nitrogens with zero attached hydrogens (tertiary/aromatic N) is 3. The van der Waals surface area contributed by atoms with Gasteiger partial charge in [0.25, 0.3) is 0 Å². The highest BCUT2D eigenvalue weighted by Crippen LogP contribution is 2.31. The van der Waals surface area contributed by atoms with Gasteiger partial charge in [-0.1, -0.05) is 19.9 Å². The summed E-state index contributed by atoms with van der Waals surface area (Å²) < 4.78 is 0. The van der Waals surface area contributed by atoms with Crippen LogP contribution in [0, 0.1) is 0 Å². The van der Waals surface area contributed by atoms with Crippen LogP contribution < -0.4 is 0 Å². The Morgan fingerprint density at radius 3 is 3.00 bits per heavy atom. The first kappa shape index (κ1) is 17.1. The summed E-state index contributed by atoms with van der Waals surface area (Å²) in [7, 11) is 0. The monoisotopic (exact) mass is 343 g/mol. The molecule has 0 aliphatic carbocycles. The molecular formula is C19H25N3OS. The minimum absolute atomic E-state index is 0.242. The van der Waals surface area contributed by atoms with Gasteiger partial charge in [-0.3, -0.25) is 9.78 Å². The summed E-state index contributed by atoms with van der Waals surface area (Å²) in [5.74, 6) is 1.11. The smallest absolute Gasteiger partial charge is 0.222 e. The predicted octanol–water partition coefficient (Wildman–Crippen LogP) is 4.00. The average molecular weight is 343 g/mol. The molecule has 0 saturated carbocycles. The van der Waals surface area contributed by atoms with Crippen molar-refractivity contribution in [3.63, 3.8) is 0 Å². The van der Waals surface area contributed by atoms with Crippen LogP contribution in [0.3, 0.4) is 0 Å². The van der Waals surface area contributed by atoms with E-state index in [2.05, 4.69) is 24.2 Å². The summed E-state index contributed by atoms with van der Waals surface area (Å²) in [6, 6.07) is 5.85. The van der Waals surface area contributed by atoms with Crippen LogP contribution in [0.15, 0.2) is 29.8 Å². The molecule has 3 heterocycles. The van der Waals surface area contributed by atoms with E-state index in [0.717, 1.165) is 38.0 Å². The standard InChI is InChI=1S/C19H25N3OS/c1-14(2)17-13-24-19(21-17)15-6-5-11-22(12-15)18(23)9-8-16-7-3-4-10-20-16/h3-4,7,10,13-15H,5-6,8-9,11-12H2,1-2H3. The van der Waals surface area contributed by atoms with Crippen LogP contribution in [0.1, 0.15) is 61.3 Å². The molecule has 24 heavy (non-hydrogen) atoms. The van der Waals surface area contributed by atoms with Crippen LogP contribution >= 0.6 is 11.3 Å². The molecule has 0 N–H and O–H groups in total. The minimum Gasteiger partial charge on any atom is -0.342 e. The molecule has 2 aromatic rings. The van der Waals surface area contributed by atoms with Crippen molar-refractivity contribution in [2.45, 2.75) is 51.4 Å². The largest absolute Gasteiger partial charge is 0.342 e. The van der Waals surface area contributed by atoms with Crippen molar-refractivity contribution < 1.29 is 4.79 Å². The van der Waals surface area contributed by atoms with E-state index >= 15 is 0 Å². The highest BCUT2D eigenvalue weighted by molar-refractivity contribution is 7.09. The molecule has 128 valence electrons. The van der Waals surface area contributed by atoms with Crippen molar-refractivity contribution in [3.05, 3.63) is 46.2 Å². The number of carbonyl (C=O) groups excluding carboxylic acids is 1. The number of amides is 1. The molecule has 5 heteroatoms. The van der Waals surface area contributed by atoms with Crippen LogP contribution in [0.5, 0.6) is 0 Å². The van der Waals surface area contributed by atoms with Gasteiger partial charge in [0.15, 0.2) is 0 Å². The molecule has 1 unspecified atom stereocenters. The number of aryl methyl sites for hydroxylation is 1. The van der Waals surface area contributed by atoms with Crippen LogP contribution in [0.25, 0.3) is 0 Å². The van der Waals surface area contributed by atoms with Crippen LogP contribution in [0.4, 0.5) is 0 Å². The molecule has 4 nitrogen and oxygen atoms in total. The molecule has 0 spiro atoms. The summed E-state index contributed by atoms with van der Waals surface area (Å²) in [6.07, 6.45) is 5.24. The van der Waals surface area contributed by atoms with E-state index in [1.165, 1.54) is 10.7 Å². The number of hydrogen-bond acceptors (Lipinski definition) is 4. The lowest BCUT2D eigenvalue weighted by atomic mass is 9.98. The molecule has 1 aliphatic rings. The number of pyridine rings is 1. The Morgan fingerprint density at radius 2 is 2.29 bits per heavy atom. The number of thiazole rings is 1. The second-order valence-corrected chi connectivity index (χ2v) is 7.65. The first-order valence-electron chi connectivity index (χ1n) is 8.76. The fraction of sp³-hybridized carbons (Fsp3) is 0.526. The summed E-state index contributed by atoms with van der Waals surface area (Å²) in [4.78, 5) is 23.7. The zero-order valence-corrected chi connectivity index (χ0v) is 15.3. The van der Waals surface area contributed by atoms with Crippen LogP contribution in [-0.4, -0.2) is 33.9 Å². The van der Waals surface area contributed by atoms with Crippen molar-refractivity contribution in [1.29, 1.82) is 0 Å². The minimum atomic E-state index is 0.242. The SMILES string of the molecule is CC(C)c1csc(C2CCCN(C(=O)CCc3ccccn3)C2)n1. The highest BCUT2D eigenvalue weighted by atomic mass is 32.1. The van der Waals surface area contributed by atoms with Gasteiger partial charge in [-0.2, -0.15) is 0 Å². The molecule has 1 aliphatic heterocycles. The second kappa shape index (κ2) is 7.88. The number of piperidine rings is 1. The van der Waals surface area contributed by atoms with Gasteiger partial charge in [0, 0.05) is 42.7 Å². The van der Waals surface area contributed by atoms with Crippen molar-refractivity contribution in [3.8, 4) is 0 Å². The topological polar surface area (TPSA) is 46.1 Å². The maximum atomic E-state index is 12.5. The quantitative estimate of drug-likeness (QED) is 0.824. The lowest BCUT2D eigenvalue weighted by Gasteiger charge is -2.32. The van der Waals surface area contributed by atoms with E-state index < -0.39 is 0 Å². The van der Waals surface area contributed by atoms with Crippen molar-refractivity contribution >= 4 is 17.2 Å². The molecule has 3 rings (SSSR count). The van der Waals surface area contributed by atoms with Gasteiger partial charge in [-0.25, -0.2) is 4.98 Å². The maximum absolute atomic E-state index is 12.5. The summed E-state index contributed by atoms with van der Waals surface area (Å²) in [5.41, 5.74) is 2.16. The molecule has 1 fully saturated rings. The molecule has 1 saturated heterocycles. The molecule has 0 radical (unpaired) electrons. The number of likely N-dealkylation sites (tertiary alicyclic amines) is 1. The third-order valence-corrected chi connectivity index (χ3v) is 5.60. The van der Waals surface area contributed by atoms with Gasteiger partial charge in [-0.15, -0.1) is 11.3 Å². The molecular weight excluding hydrogens is 318 g/mol. The normalized spacial score (nSPS) is 18.1. The third-order valence-electron chi connectivity index (χ3n) is 4.58. The molecule has 1 amide bonds. The third kappa shape index (κ3) is 4.20. The Bertz CT molecular complexity index is 668. The van der Waals surface area contributed by atoms with Gasteiger partial charge in [0.05, 0.1) is 10.7 Å². The summed E-state index contributed by atoms with van der Waals surface area (Å²) in [6.45, 7) is 6.03. The van der Waals surface area contributed by atoms with E-state index in [1.54, 1.807) is 17.5 Å². The molecule has 2 aromatic heterocycles. The zero-order chi connectivity index (χ0) is 16.9. The van der Waals surface area contributed by atoms with E-state index in [4.69, 9.17) is 4.98 Å². The molecule has 0 bridgehead atoms. The lowest BCUT2D eigenvalue weighted by Crippen LogP contribution is -2.39. The zero-order valence-electron chi connectivity index (χ0n) is 14.4. The van der Waals surface area contributed by atoms with E-state index in [-0.39, 0.29) is 5.91 Å². The van der Waals surface area contributed by atoms with Crippen LogP contribution in [0.2, 0.25) is 0 Å².